The Hall–Kier alpha value is -2.77. The van der Waals surface area contributed by atoms with Crippen LogP contribution in [0, 0.1) is 0 Å². The molecule has 1 saturated carbocycles. The van der Waals surface area contributed by atoms with E-state index in [1.807, 2.05) is 0 Å². The highest BCUT2D eigenvalue weighted by molar-refractivity contribution is 5.52. The SMILES string of the molecule is O=c1ccc(-c2noc(C3CCc4nnn(C5CCCC5)c4C3)n2)c[nH]1. The average molecular weight is 352 g/mol. The molecular weight excluding hydrogens is 332 g/mol. The maximum atomic E-state index is 11.2. The molecule has 1 fully saturated rings. The Balaban J connectivity index is 1.40. The van der Waals surface area contributed by atoms with Gasteiger partial charge >= 0.3 is 0 Å². The zero-order valence-electron chi connectivity index (χ0n) is 14.4. The summed E-state index contributed by atoms with van der Waals surface area (Å²) in [6, 6.07) is 3.65. The summed E-state index contributed by atoms with van der Waals surface area (Å²) in [6.07, 6.45) is 9.20. The van der Waals surface area contributed by atoms with Crippen LogP contribution in [0.2, 0.25) is 0 Å². The Bertz CT molecular complexity index is 961. The molecule has 5 rings (SSSR count). The number of aromatic nitrogens is 6. The van der Waals surface area contributed by atoms with Crippen molar-refractivity contribution in [3.05, 3.63) is 46.0 Å². The van der Waals surface area contributed by atoms with Gasteiger partial charge in [0.1, 0.15) is 0 Å². The fraction of sp³-hybridized carbons (Fsp3) is 0.500. The predicted octanol–water partition coefficient (Wildman–Crippen LogP) is 2.40. The molecule has 1 unspecified atom stereocenters. The molecule has 0 saturated heterocycles. The second kappa shape index (κ2) is 6.19. The fourth-order valence-electron chi connectivity index (χ4n) is 4.12. The lowest BCUT2D eigenvalue weighted by atomic mass is 9.89. The lowest BCUT2D eigenvalue weighted by Gasteiger charge is -2.21. The van der Waals surface area contributed by atoms with E-state index < -0.39 is 0 Å². The van der Waals surface area contributed by atoms with Crippen LogP contribution in [0.3, 0.4) is 0 Å². The van der Waals surface area contributed by atoms with E-state index in [1.54, 1.807) is 12.3 Å². The molecule has 3 aromatic rings. The van der Waals surface area contributed by atoms with E-state index in [1.165, 1.54) is 37.4 Å². The Morgan fingerprint density at radius 3 is 2.88 bits per heavy atom. The van der Waals surface area contributed by atoms with Crippen molar-refractivity contribution in [1.82, 2.24) is 30.1 Å². The smallest absolute Gasteiger partial charge is 0.247 e. The van der Waals surface area contributed by atoms with Crippen LogP contribution in [-0.4, -0.2) is 30.1 Å². The first kappa shape index (κ1) is 15.5. The van der Waals surface area contributed by atoms with E-state index >= 15 is 0 Å². The maximum absolute atomic E-state index is 11.2. The molecule has 0 radical (unpaired) electrons. The summed E-state index contributed by atoms with van der Waals surface area (Å²) in [5.41, 5.74) is 2.95. The Labute approximate surface area is 149 Å². The highest BCUT2D eigenvalue weighted by Gasteiger charge is 2.31. The van der Waals surface area contributed by atoms with Gasteiger partial charge in [-0.2, -0.15) is 4.98 Å². The van der Waals surface area contributed by atoms with E-state index in [9.17, 15) is 4.79 Å². The van der Waals surface area contributed by atoms with Crippen LogP contribution in [0.1, 0.15) is 61.3 Å². The topological polar surface area (TPSA) is 102 Å². The zero-order valence-corrected chi connectivity index (χ0v) is 14.4. The van der Waals surface area contributed by atoms with Gasteiger partial charge in [0.05, 0.1) is 17.4 Å². The van der Waals surface area contributed by atoms with Crippen LogP contribution in [-0.2, 0) is 12.8 Å². The number of aromatic amines is 1. The summed E-state index contributed by atoms with van der Waals surface area (Å²) in [7, 11) is 0. The largest absolute Gasteiger partial charge is 0.339 e. The molecule has 1 atom stereocenters. The molecule has 0 aliphatic heterocycles. The Morgan fingerprint density at radius 2 is 2.08 bits per heavy atom. The van der Waals surface area contributed by atoms with Gasteiger partial charge in [-0.15, -0.1) is 5.10 Å². The van der Waals surface area contributed by atoms with Crippen molar-refractivity contribution in [3.63, 3.8) is 0 Å². The molecule has 3 heterocycles. The first-order valence-corrected chi connectivity index (χ1v) is 9.23. The van der Waals surface area contributed by atoms with E-state index in [0.717, 1.165) is 30.5 Å². The molecule has 0 bridgehead atoms. The van der Waals surface area contributed by atoms with Gasteiger partial charge in [0, 0.05) is 30.2 Å². The van der Waals surface area contributed by atoms with E-state index in [4.69, 9.17) is 4.52 Å². The standard InChI is InChI=1S/C18H20N6O2/c25-16-8-6-12(10-19-16)17-20-18(26-22-17)11-5-7-14-15(9-11)24(23-21-14)13-3-1-2-4-13/h6,8,10-11,13H,1-5,7,9H2,(H,19,25). The molecule has 2 aliphatic carbocycles. The summed E-state index contributed by atoms with van der Waals surface area (Å²) in [6.45, 7) is 0. The third-order valence-electron chi connectivity index (χ3n) is 5.54. The van der Waals surface area contributed by atoms with E-state index in [2.05, 4.69) is 30.1 Å². The van der Waals surface area contributed by atoms with E-state index in [-0.39, 0.29) is 11.5 Å². The van der Waals surface area contributed by atoms with Crippen LogP contribution in [0.25, 0.3) is 11.4 Å². The summed E-state index contributed by atoms with van der Waals surface area (Å²) in [5, 5.41) is 12.9. The van der Waals surface area contributed by atoms with Crippen LogP contribution in [0.4, 0.5) is 0 Å². The molecule has 26 heavy (non-hydrogen) atoms. The van der Waals surface area contributed by atoms with Crippen LogP contribution in [0.15, 0.2) is 27.6 Å². The first-order valence-electron chi connectivity index (χ1n) is 9.23. The van der Waals surface area contributed by atoms with Crippen molar-refractivity contribution in [2.75, 3.05) is 0 Å². The van der Waals surface area contributed by atoms with Gasteiger partial charge in [0.2, 0.25) is 17.3 Å². The van der Waals surface area contributed by atoms with Gasteiger partial charge in [-0.25, -0.2) is 4.68 Å². The Kier molecular flexibility index (Phi) is 3.69. The fourth-order valence-corrected chi connectivity index (χ4v) is 4.12. The quantitative estimate of drug-likeness (QED) is 0.776. The second-order valence-corrected chi connectivity index (χ2v) is 7.20. The molecule has 1 N–H and O–H groups in total. The van der Waals surface area contributed by atoms with Crippen molar-refractivity contribution in [2.45, 2.75) is 56.9 Å². The lowest BCUT2D eigenvalue weighted by molar-refractivity contribution is 0.334. The number of H-pyrrole nitrogens is 1. The minimum absolute atomic E-state index is 0.148. The molecule has 8 nitrogen and oxygen atoms in total. The number of pyridine rings is 1. The molecular formula is C18H20N6O2. The molecule has 2 aliphatic rings. The molecule has 0 aromatic carbocycles. The number of hydrogen-bond donors (Lipinski definition) is 1. The molecule has 0 spiro atoms. The molecule has 8 heteroatoms. The van der Waals surface area contributed by atoms with Crippen molar-refractivity contribution < 1.29 is 4.52 Å². The summed E-state index contributed by atoms with van der Waals surface area (Å²) < 4.78 is 7.69. The minimum atomic E-state index is -0.148. The van der Waals surface area contributed by atoms with Crippen molar-refractivity contribution in [2.24, 2.45) is 0 Å². The van der Waals surface area contributed by atoms with Gasteiger partial charge in [-0.1, -0.05) is 23.2 Å². The van der Waals surface area contributed by atoms with Crippen LogP contribution < -0.4 is 5.56 Å². The number of nitrogens with one attached hydrogen (secondary N) is 1. The van der Waals surface area contributed by atoms with Gasteiger partial charge in [0.15, 0.2) is 0 Å². The number of aryl methyl sites for hydroxylation is 1. The highest BCUT2D eigenvalue weighted by Crippen LogP contribution is 2.36. The van der Waals surface area contributed by atoms with Gasteiger partial charge in [-0.3, -0.25) is 4.79 Å². The van der Waals surface area contributed by atoms with Crippen molar-refractivity contribution in [1.29, 1.82) is 0 Å². The number of rotatable bonds is 3. The predicted molar refractivity (Wildman–Crippen MR) is 92.6 cm³/mol. The third-order valence-corrected chi connectivity index (χ3v) is 5.54. The van der Waals surface area contributed by atoms with Crippen molar-refractivity contribution >= 4 is 0 Å². The normalized spacial score (nSPS) is 20.4. The van der Waals surface area contributed by atoms with Crippen molar-refractivity contribution in [3.8, 4) is 11.4 Å². The number of nitrogens with zero attached hydrogens (tertiary/aromatic N) is 5. The monoisotopic (exact) mass is 352 g/mol. The molecule has 134 valence electrons. The third kappa shape index (κ3) is 2.65. The van der Waals surface area contributed by atoms with Gasteiger partial charge in [-0.05, 0) is 31.7 Å². The second-order valence-electron chi connectivity index (χ2n) is 7.20. The summed E-state index contributed by atoms with van der Waals surface area (Å²) in [4.78, 5) is 18.4. The highest BCUT2D eigenvalue weighted by atomic mass is 16.5. The molecule has 0 amide bonds. The first-order chi connectivity index (χ1) is 12.8. The van der Waals surface area contributed by atoms with E-state index in [0.29, 0.717) is 17.8 Å². The average Bonchev–Trinajstić information content (AvgIpc) is 3.41. The van der Waals surface area contributed by atoms with Gasteiger partial charge in [0.25, 0.3) is 0 Å². The van der Waals surface area contributed by atoms with Crippen LogP contribution >= 0.6 is 0 Å². The molecule has 3 aromatic heterocycles. The number of fused-ring (bicyclic) bond motifs is 1. The Morgan fingerprint density at radius 1 is 1.19 bits per heavy atom. The lowest BCUT2D eigenvalue weighted by Crippen LogP contribution is -2.18. The van der Waals surface area contributed by atoms with Crippen LogP contribution in [0.5, 0.6) is 0 Å². The van der Waals surface area contributed by atoms with Gasteiger partial charge < -0.3 is 9.51 Å². The summed E-state index contributed by atoms with van der Waals surface area (Å²) >= 11 is 0. The zero-order chi connectivity index (χ0) is 17.5. The minimum Gasteiger partial charge on any atom is -0.339 e. The summed E-state index contributed by atoms with van der Waals surface area (Å²) in [5.74, 6) is 1.34. The maximum Gasteiger partial charge on any atom is 0.247 e. The number of hydrogen-bond acceptors (Lipinski definition) is 6.